The van der Waals surface area contributed by atoms with Crippen LogP contribution in [0.2, 0.25) is 0 Å². The number of esters is 1. The molecule has 1 heterocycles. The van der Waals surface area contributed by atoms with Crippen LogP contribution in [0, 0.1) is 6.92 Å². The van der Waals surface area contributed by atoms with Gasteiger partial charge in [0.1, 0.15) is 5.01 Å². The first kappa shape index (κ1) is 22.4. The topological polar surface area (TPSA) is 102 Å². The number of hydrogen-bond acceptors (Lipinski definition) is 7. The summed E-state index contributed by atoms with van der Waals surface area (Å²) in [4.78, 5) is 55.1. The largest absolute Gasteiger partial charge is 0.451 e. The Morgan fingerprint density at radius 2 is 1.57 bits per heavy atom. The molecule has 172 valence electrons. The number of amides is 1. The lowest BCUT2D eigenvalue weighted by atomic mass is 9.83. The van der Waals surface area contributed by atoms with Crippen molar-refractivity contribution in [3.8, 4) is 10.6 Å². The summed E-state index contributed by atoms with van der Waals surface area (Å²) >= 11 is 1.30. The van der Waals surface area contributed by atoms with E-state index in [1.807, 2.05) is 31.2 Å². The van der Waals surface area contributed by atoms with Crippen LogP contribution in [0.1, 0.15) is 47.9 Å². The van der Waals surface area contributed by atoms with Crippen LogP contribution in [-0.4, -0.2) is 35.0 Å². The first-order valence-corrected chi connectivity index (χ1v) is 11.6. The van der Waals surface area contributed by atoms with Crippen molar-refractivity contribution in [3.05, 3.63) is 106 Å². The number of nitrogens with zero attached hydrogens (tertiary/aromatic N) is 1. The van der Waals surface area contributed by atoms with Gasteiger partial charge in [0.25, 0.3) is 5.91 Å². The minimum Gasteiger partial charge on any atom is -0.451 e. The summed E-state index contributed by atoms with van der Waals surface area (Å²) in [5.41, 5.74) is 3.24. The number of hydrogen-bond donors (Lipinski definition) is 1. The van der Waals surface area contributed by atoms with Gasteiger partial charge in [-0.3, -0.25) is 14.4 Å². The number of fused-ring (bicyclic) bond motifs is 2. The Balaban J connectivity index is 1.27. The van der Waals surface area contributed by atoms with Crippen molar-refractivity contribution in [2.75, 3.05) is 11.9 Å². The van der Waals surface area contributed by atoms with E-state index in [1.165, 1.54) is 17.4 Å². The number of ketones is 2. The van der Waals surface area contributed by atoms with Crippen molar-refractivity contribution < 1.29 is 23.9 Å². The molecule has 0 bridgehead atoms. The monoisotopic (exact) mass is 482 g/mol. The minimum atomic E-state index is -0.731. The fourth-order valence-electron chi connectivity index (χ4n) is 3.84. The minimum absolute atomic E-state index is 0.104. The number of aryl methyl sites for hydroxylation is 1. The second-order valence-corrected chi connectivity index (χ2v) is 8.82. The zero-order valence-electron chi connectivity index (χ0n) is 18.5. The lowest BCUT2D eigenvalue weighted by Gasteiger charge is -2.20. The second kappa shape index (κ2) is 9.08. The molecule has 5 rings (SSSR count). The third-order valence-electron chi connectivity index (χ3n) is 5.57. The van der Waals surface area contributed by atoms with Gasteiger partial charge in [0.05, 0.1) is 11.3 Å². The molecule has 3 aromatic carbocycles. The number of rotatable bonds is 5. The predicted molar refractivity (Wildman–Crippen MR) is 131 cm³/mol. The van der Waals surface area contributed by atoms with Crippen LogP contribution in [0.3, 0.4) is 0 Å². The Hall–Kier alpha value is -4.43. The van der Waals surface area contributed by atoms with Crippen LogP contribution in [0.15, 0.2) is 72.1 Å². The standard InChI is InChI=1S/C27H18N2O5S/c1-15-9-11-16(12-10-15)26-29-21(14-35-26)27(33)34-13-22(30)28-20-8-4-7-19-23(20)25(32)18-6-3-2-5-17(18)24(19)31/h2-12,14H,13H2,1H3,(H,28,30). The van der Waals surface area contributed by atoms with E-state index in [0.29, 0.717) is 10.6 Å². The maximum absolute atomic E-state index is 13.0. The van der Waals surface area contributed by atoms with Gasteiger partial charge in [0, 0.05) is 27.6 Å². The highest BCUT2D eigenvalue weighted by Gasteiger charge is 2.31. The molecule has 0 unspecified atom stereocenters. The van der Waals surface area contributed by atoms with E-state index in [0.717, 1.165) is 11.1 Å². The zero-order valence-corrected chi connectivity index (χ0v) is 19.3. The van der Waals surface area contributed by atoms with Gasteiger partial charge in [-0.2, -0.15) is 0 Å². The van der Waals surface area contributed by atoms with Gasteiger partial charge >= 0.3 is 5.97 Å². The summed E-state index contributed by atoms with van der Waals surface area (Å²) in [5.74, 6) is -2.01. The summed E-state index contributed by atoms with van der Waals surface area (Å²) in [6, 6.07) is 19.0. The van der Waals surface area contributed by atoms with Crippen molar-refractivity contribution in [2.24, 2.45) is 0 Å². The van der Waals surface area contributed by atoms with Crippen molar-refractivity contribution in [1.29, 1.82) is 0 Å². The van der Waals surface area contributed by atoms with Gasteiger partial charge in [-0.25, -0.2) is 9.78 Å². The Labute approximate surface area is 204 Å². The molecule has 1 aliphatic rings. The van der Waals surface area contributed by atoms with Crippen molar-refractivity contribution in [1.82, 2.24) is 4.98 Å². The first-order chi connectivity index (χ1) is 16.9. The molecule has 0 radical (unpaired) electrons. The van der Waals surface area contributed by atoms with E-state index in [1.54, 1.807) is 41.8 Å². The third-order valence-corrected chi connectivity index (χ3v) is 6.46. The summed E-state index contributed by atoms with van der Waals surface area (Å²) in [7, 11) is 0. The predicted octanol–water partition coefficient (Wildman–Crippen LogP) is 4.69. The molecule has 1 aliphatic carbocycles. The van der Waals surface area contributed by atoms with Crippen LogP contribution < -0.4 is 5.32 Å². The Morgan fingerprint density at radius 3 is 2.31 bits per heavy atom. The number of thiazole rings is 1. The van der Waals surface area contributed by atoms with Crippen LogP contribution >= 0.6 is 11.3 Å². The molecular formula is C27H18N2O5S. The van der Waals surface area contributed by atoms with E-state index in [4.69, 9.17) is 4.74 Å². The first-order valence-electron chi connectivity index (χ1n) is 10.7. The van der Waals surface area contributed by atoms with Gasteiger partial charge < -0.3 is 10.1 Å². The SMILES string of the molecule is Cc1ccc(-c2nc(C(=O)OCC(=O)Nc3cccc4c3C(=O)c3ccccc3C4=O)cs2)cc1. The molecule has 0 aliphatic heterocycles. The molecule has 4 aromatic rings. The van der Waals surface area contributed by atoms with Crippen LogP contribution in [0.5, 0.6) is 0 Å². The number of carbonyl (C=O) groups is 4. The number of ether oxygens (including phenoxy) is 1. The van der Waals surface area contributed by atoms with E-state index in [-0.39, 0.29) is 39.6 Å². The highest BCUT2D eigenvalue weighted by molar-refractivity contribution is 7.13. The Bertz CT molecular complexity index is 1500. The van der Waals surface area contributed by atoms with Gasteiger partial charge in [0.2, 0.25) is 0 Å². The highest BCUT2D eigenvalue weighted by atomic mass is 32.1. The zero-order chi connectivity index (χ0) is 24.5. The maximum atomic E-state index is 13.0. The maximum Gasteiger partial charge on any atom is 0.358 e. The quantitative estimate of drug-likeness (QED) is 0.365. The Kier molecular flexibility index (Phi) is 5.80. The molecule has 35 heavy (non-hydrogen) atoms. The van der Waals surface area contributed by atoms with E-state index >= 15 is 0 Å². The highest BCUT2D eigenvalue weighted by Crippen LogP contribution is 2.32. The number of nitrogens with one attached hydrogen (secondary N) is 1. The van der Waals surface area contributed by atoms with Crippen molar-refractivity contribution >= 4 is 40.5 Å². The van der Waals surface area contributed by atoms with Crippen LogP contribution in [-0.2, 0) is 9.53 Å². The number of aromatic nitrogens is 1. The number of benzene rings is 3. The van der Waals surface area contributed by atoms with E-state index in [2.05, 4.69) is 10.3 Å². The third kappa shape index (κ3) is 4.27. The average molecular weight is 483 g/mol. The summed E-state index contributed by atoms with van der Waals surface area (Å²) in [6.07, 6.45) is 0. The van der Waals surface area contributed by atoms with Gasteiger partial charge in [0.15, 0.2) is 23.9 Å². The molecule has 0 saturated carbocycles. The van der Waals surface area contributed by atoms with Crippen LogP contribution in [0.4, 0.5) is 5.69 Å². The lowest BCUT2D eigenvalue weighted by molar-refractivity contribution is -0.119. The fraction of sp³-hybridized carbons (Fsp3) is 0.0741. The summed E-state index contributed by atoms with van der Waals surface area (Å²) in [6.45, 7) is 1.41. The molecule has 0 spiro atoms. The van der Waals surface area contributed by atoms with E-state index in [9.17, 15) is 19.2 Å². The fourth-order valence-corrected chi connectivity index (χ4v) is 4.63. The number of carbonyl (C=O) groups excluding carboxylic acids is 4. The lowest BCUT2D eigenvalue weighted by Crippen LogP contribution is -2.26. The van der Waals surface area contributed by atoms with Gasteiger partial charge in [-0.15, -0.1) is 11.3 Å². The van der Waals surface area contributed by atoms with Gasteiger partial charge in [-0.05, 0) is 13.0 Å². The molecule has 1 aromatic heterocycles. The normalized spacial score (nSPS) is 12.0. The molecule has 1 N–H and O–H groups in total. The smallest absolute Gasteiger partial charge is 0.358 e. The summed E-state index contributed by atoms with van der Waals surface area (Å²) < 4.78 is 5.12. The molecule has 0 atom stereocenters. The van der Waals surface area contributed by atoms with Gasteiger partial charge in [-0.1, -0.05) is 66.2 Å². The molecule has 0 fully saturated rings. The molecule has 7 nitrogen and oxygen atoms in total. The molecular weight excluding hydrogens is 464 g/mol. The van der Waals surface area contributed by atoms with Crippen LogP contribution in [0.25, 0.3) is 10.6 Å². The number of anilines is 1. The Morgan fingerprint density at radius 1 is 0.886 bits per heavy atom. The average Bonchev–Trinajstić information content (AvgIpc) is 3.37. The van der Waals surface area contributed by atoms with Crippen molar-refractivity contribution in [2.45, 2.75) is 6.92 Å². The van der Waals surface area contributed by atoms with E-state index < -0.39 is 18.5 Å². The molecule has 8 heteroatoms. The molecule has 0 saturated heterocycles. The molecule has 1 amide bonds. The summed E-state index contributed by atoms with van der Waals surface area (Å²) in [5, 5.41) is 4.83. The second-order valence-electron chi connectivity index (χ2n) is 7.96. The van der Waals surface area contributed by atoms with Crippen molar-refractivity contribution in [3.63, 3.8) is 0 Å².